The van der Waals surface area contributed by atoms with Crippen molar-refractivity contribution < 1.29 is 8.85 Å². The SMILES string of the molecule is CCCCCCCCC1CC1CC(CCO[Si](C)(C)C(C)(C)C)O[Si](c1ccccc1)(c1ccccc1)C(C)(C)C. The zero-order valence-corrected chi connectivity index (χ0v) is 30.1. The summed E-state index contributed by atoms with van der Waals surface area (Å²) in [6.45, 7) is 22.1. The fourth-order valence-electron chi connectivity index (χ4n) is 6.31. The molecule has 3 atom stereocenters. The molecule has 0 heterocycles. The van der Waals surface area contributed by atoms with E-state index in [2.05, 4.69) is 122 Å². The second kappa shape index (κ2) is 15.0. The average molecular weight is 595 g/mol. The summed E-state index contributed by atoms with van der Waals surface area (Å²) in [6.07, 6.45) is 13.5. The van der Waals surface area contributed by atoms with Crippen LogP contribution in [0.4, 0.5) is 0 Å². The fourth-order valence-corrected chi connectivity index (χ4v) is 12.1. The summed E-state index contributed by atoms with van der Waals surface area (Å²) >= 11 is 0. The van der Waals surface area contributed by atoms with Crippen LogP contribution in [0.5, 0.6) is 0 Å². The lowest BCUT2D eigenvalue weighted by Gasteiger charge is -2.45. The zero-order chi connectivity index (χ0) is 30.2. The molecule has 3 rings (SSSR count). The molecule has 4 heteroatoms. The highest BCUT2D eigenvalue weighted by atomic mass is 28.4. The molecular weight excluding hydrogens is 533 g/mol. The molecule has 1 aliphatic carbocycles. The predicted octanol–water partition coefficient (Wildman–Crippen LogP) is 10.1. The van der Waals surface area contributed by atoms with Crippen LogP contribution in [0, 0.1) is 11.8 Å². The summed E-state index contributed by atoms with van der Waals surface area (Å²) in [7, 11) is -4.40. The first kappa shape index (κ1) is 34.3. The molecule has 2 nitrogen and oxygen atoms in total. The molecule has 0 saturated heterocycles. The van der Waals surface area contributed by atoms with Gasteiger partial charge < -0.3 is 8.85 Å². The third-order valence-electron chi connectivity index (χ3n) is 10.0. The van der Waals surface area contributed by atoms with E-state index < -0.39 is 16.6 Å². The van der Waals surface area contributed by atoms with Crippen LogP contribution in [-0.2, 0) is 8.85 Å². The molecule has 230 valence electrons. The van der Waals surface area contributed by atoms with E-state index >= 15 is 0 Å². The summed E-state index contributed by atoms with van der Waals surface area (Å²) in [5.41, 5.74) is 0. The Morgan fingerprint density at radius 3 is 1.78 bits per heavy atom. The maximum atomic E-state index is 7.72. The maximum absolute atomic E-state index is 7.72. The van der Waals surface area contributed by atoms with Crippen LogP contribution in [-0.4, -0.2) is 29.3 Å². The van der Waals surface area contributed by atoms with E-state index in [0.29, 0.717) is 0 Å². The maximum Gasteiger partial charge on any atom is 0.261 e. The fraction of sp³-hybridized carbons (Fsp3) is 0.676. The van der Waals surface area contributed by atoms with Crippen molar-refractivity contribution in [3.05, 3.63) is 60.7 Å². The summed E-state index contributed by atoms with van der Waals surface area (Å²) in [6, 6.07) is 22.4. The van der Waals surface area contributed by atoms with Crippen LogP contribution < -0.4 is 10.4 Å². The van der Waals surface area contributed by atoms with E-state index in [-0.39, 0.29) is 16.2 Å². The van der Waals surface area contributed by atoms with Gasteiger partial charge in [0.2, 0.25) is 0 Å². The molecule has 0 bridgehead atoms. The summed E-state index contributed by atoms with van der Waals surface area (Å²) in [4.78, 5) is 0. The van der Waals surface area contributed by atoms with Gasteiger partial charge in [0.15, 0.2) is 8.32 Å². The van der Waals surface area contributed by atoms with Gasteiger partial charge >= 0.3 is 0 Å². The van der Waals surface area contributed by atoms with Gasteiger partial charge in [-0.25, -0.2) is 0 Å². The molecule has 1 saturated carbocycles. The van der Waals surface area contributed by atoms with Crippen LogP contribution >= 0.6 is 0 Å². The molecule has 0 aliphatic heterocycles. The smallest absolute Gasteiger partial charge is 0.261 e. The van der Waals surface area contributed by atoms with Gasteiger partial charge in [-0.15, -0.1) is 0 Å². The highest BCUT2D eigenvalue weighted by Crippen LogP contribution is 2.47. The summed E-state index contributed by atoms with van der Waals surface area (Å²) in [5, 5.41) is 2.98. The van der Waals surface area contributed by atoms with Gasteiger partial charge in [-0.2, -0.15) is 0 Å². The van der Waals surface area contributed by atoms with Crippen molar-refractivity contribution in [1.82, 2.24) is 0 Å². The highest BCUT2D eigenvalue weighted by molar-refractivity contribution is 6.99. The van der Waals surface area contributed by atoms with Gasteiger partial charge in [0.1, 0.15) is 0 Å². The van der Waals surface area contributed by atoms with E-state index in [1.165, 1.54) is 68.2 Å². The van der Waals surface area contributed by atoms with E-state index in [9.17, 15) is 0 Å². The number of rotatable bonds is 17. The standard InChI is InChI=1S/C37H62O2Si2/c1-10-11-12-13-14-17-22-31-29-32(31)30-33(27-28-38-40(8,9)36(2,3)4)39-41(37(5,6)7,34-23-18-15-19-24-34)35-25-20-16-21-26-35/h15-16,18-21,23-26,31-33H,10-14,17,22,27-30H2,1-9H3. The number of unbranched alkanes of at least 4 members (excludes halogenated alkanes) is 5. The molecule has 3 unspecified atom stereocenters. The largest absolute Gasteiger partial charge is 0.417 e. The summed E-state index contributed by atoms with van der Waals surface area (Å²) < 4.78 is 14.5. The van der Waals surface area contributed by atoms with Crippen molar-refractivity contribution in [1.29, 1.82) is 0 Å². The molecule has 0 aromatic heterocycles. The highest BCUT2D eigenvalue weighted by Gasteiger charge is 2.52. The van der Waals surface area contributed by atoms with Crippen molar-refractivity contribution >= 4 is 27.0 Å². The van der Waals surface area contributed by atoms with Gasteiger partial charge in [0.25, 0.3) is 8.32 Å². The molecule has 0 spiro atoms. The first-order valence-electron chi connectivity index (χ1n) is 16.7. The van der Waals surface area contributed by atoms with Gasteiger partial charge in [-0.05, 0) is 64.6 Å². The Morgan fingerprint density at radius 1 is 0.732 bits per heavy atom. The Morgan fingerprint density at radius 2 is 1.27 bits per heavy atom. The Labute approximate surface area is 256 Å². The molecule has 0 amide bonds. The third-order valence-corrected chi connectivity index (χ3v) is 19.7. The molecule has 2 aromatic rings. The lowest BCUT2D eigenvalue weighted by molar-refractivity contribution is 0.131. The topological polar surface area (TPSA) is 18.5 Å². The van der Waals surface area contributed by atoms with Crippen LogP contribution in [0.2, 0.25) is 23.2 Å². The van der Waals surface area contributed by atoms with Crippen molar-refractivity contribution in [2.45, 2.75) is 142 Å². The third kappa shape index (κ3) is 9.39. The lowest BCUT2D eigenvalue weighted by atomic mass is 10.0. The second-order valence-electron chi connectivity index (χ2n) is 15.3. The van der Waals surface area contributed by atoms with Crippen LogP contribution in [0.25, 0.3) is 0 Å². The first-order chi connectivity index (χ1) is 19.3. The molecule has 0 N–H and O–H groups in total. The molecule has 1 aliphatic rings. The number of hydrogen-bond acceptors (Lipinski definition) is 2. The second-order valence-corrected chi connectivity index (χ2v) is 24.4. The van der Waals surface area contributed by atoms with E-state index in [1.807, 2.05) is 0 Å². The van der Waals surface area contributed by atoms with Crippen molar-refractivity contribution in [2.75, 3.05) is 6.61 Å². The Bertz CT molecular complexity index is 967. The molecule has 41 heavy (non-hydrogen) atoms. The van der Waals surface area contributed by atoms with Crippen molar-refractivity contribution in [2.24, 2.45) is 11.8 Å². The lowest BCUT2D eigenvalue weighted by Crippen LogP contribution is -2.67. The quantitative estimate of drug-likeness (QED) is 0.134. The first-order valence-corrected chi connectivity index (χ1v) is 21.6. The van der Waals surface area contributed by atoms with Crippen molar-refractivity contribution in [3.63, 3.8) is 0 Å². The Kier molecular flexibility index (Phi) is 12.5. The normalized spacial score (nSPS) is 18.9. The van der Waals surface area contributed by atoms with Crippen molar-refractivity contribution in [3.8, 4) is 0 Å². The minimum atomic E-state index is -2.59. The van der Waals surface area contributed by atoms with Crippen LogP contribution in [0.1, 0.15) is 113 Å². The molecule has 0 radical (unpaired) electrons. The minimum Gasteiger partial charge on any atom is -0.417 e. The molecule has 1 fully saturated rings. The van der Waals surface area contributed by atoms with Gasteiger partial charge in [0.05, 0.1) is 0 Å². The molecular formula is C37H62O2Si2. The monoisotopic (exact) mass is 594 g/mol. The Balaban J connectivity index is 1.83. The van der Waals surface area contributed by atoms with Crippen LogP contribution in [0.15, 0.2) is 60.7 Å². The van der Waals surface area contributed by atoms with Gasteiger partial charge in [0, 0.05) is 12.7 Å². The van der Waals surface area contributed by atoms with E-state index in [4.69, 9.17) is 8.85 Å². The van der Waals surface area contributed by atoms with E-state index in [1.54, 1.807) is 0 Å². The number of benzene rings is 2. The summed E-state index contributed by atoms with van der Waals surface area (Å²) in [5.74, 6) is 1.70. The molecule has 2 aromatic carbocycles. The van der Waals surface area contributed by atoms with E-state index in [0.717, 1.165) is 24.9 Å². The zero-order valence-electron chi connectivity index (χ0n) is 28.1. The predicted molar refractivity (Wildman–Crippen MR) is 184 cm³/mol. The Hall–Kier alpha value is -1.21. The van der Waals surface area contributed by atoms with Gasteiger partial charge in [-0.3, -0.25) is 0 Å². The van der Waals surface area contributed by atoms with Gasteiger partial charge in [-0.1, -0.05) is 154 Å². The number of hydrogen-bond donors (Lipinski definition) is 0. The van der Waals surface area contributed by atoms with Crippen LogP contribution in [0.3, 0.4) is 0 Å². The average Bonchev–Trinajstić information content (AvgIpc) is 3.66. The minimum absolute atomic E-state index is 0.00428.